The van der Waals surface area contributed by atoms with Crippen molar-refractivity contribution in [3.63, 3.8) is 0 Å². The molecule has 1 atom stereocenters. The summed E-state index contributed by atoms with van der Waals surface area (Å²) < 4.78 is 5.06. The third-order valence-corrected chi connectivity index (χ3v) is 7.52. The lowest BCUT2D eigenvalue weighted by atomic mass is 9.82. The van der Waals surface area contributed by atoms with E-state index in [0.29, 0.717) is 29.4 Å². The minimum Gasteiger partial charge on any atom is -0.465 e. The molecule has 2 amide bonds. The van der Waals surface area contributed by atoms with Crippen LogP contribution in [0.5, 0.6) is 0 Å². The van der Waals surface area contributed by atoms with Crippen molar-refractivity contribution in [2.75, 3.05) is 25.6 Å². The highest BCUT2D eigenvalue weighted by molar-refractivity contribution is 7.15. The zero-order valence-corrected chi connectivity index (χ0v) is 21.5. The predicted octanol–water partition coefficient (Wildman–Crippen LogP) is 4.71. The third kappa shape index (κ3) is 6.17. The van der Waals surface area contributed by atoms with Gasteiger partial charge in [0, 0.05) is 37.4 Å². The number of methoxy groups -OCH3 is 1. The SMILES string of the molecule is COC(=O)c1sc(C#CC(C)(C)C)cc1N(C(=O)C1CCC(C)CC1)C1CCN(C)C(=O)C1. The van der Waals surface area contributed by atoms with E-state index >= 15 is 0 Å². The summed E-state index contributed by atoms with van der Waals surface area (Å²) in [7, 11) is 3.14. The molecule has 180 valence electrons. The Kier molecular flexibility index (Phi) is 7.89. The van der Waals surface area contributed by atoms with Crippen LogP contribution in [0, 0.1) is 29.1 Å². The van der Waals surface area contributed by atoms with E-state index in [4.69, 9.17) is 4.74 Å². The van der Waals surface area contributed by atoms with Gasteiger partial charge in [0.25, 0.3) is 0 Å². The topological polar surface area (TPSA) is 66.9 Å². The molecule has 1 saturated heterocycles. The van der Waals surface area contributed by atoms with Crippen molar-refractivity contribution >= 4 is 34.8 Å². The molecule has 0 N–H and O–H groups in total. The Bertz CT molecular complexity index is 957. The summed E-state index contributed by atoms with van der Waals surface area (Å²) in [5.41, 5.74) is 0.348. The lowest BCUT2D eigenvalue weighted by Crippen LogP contribution is -2.51. The molecular formula is C26H36N2O4S. The Labute approximate surface area is 201 Å². The first-order valence-corrected chi connectivity index (χ1v) is 12.6. The van der Waals surface area contributed by atoms with Gasteiger partial charge < -0.3 is 14.5 Å². The minimum atomic E-state index is -0.479. The molecule has 1 aliphatic carbocycles. The van der Waals surface area contributed by atoms with Crippen molar-refractivity contribution in [1.29, 1.82) is 0 Å². The molecule has 33 heavy (non-hydrogen) atoms. The van der Waals surface area contributed by atoms with E-state index in [9.17, 15) is 14.4 Å². The van der Waals surface area contributed by atoms with Gasteiger partial charge in [0.05, 0.1) is 17.7 Å². The summed E-state index contributed by atoms with van der Waals surface area (Å²) in [6.45, 7) is 8.89. The van der Waals surface area contributed by atoms with Crippen molar-refractivity contribution in [3.8, 4) is 11.8 Å². The lowest BCUT2D eigenvalue weighted by Gasteiger charge is -2.39. The number of likely N-dealkylation sites (tertiary alicyclic amines) is 1. The highest BCUT2D eigenvalue weighted by atomic mass is 32.1. The summed E-state index contributed by atoms with van der Waals surface area (Å²) in [4.78, 5) is 43.7. The number of nitrogens with zero attached hydrogens (tertiary/aromatic N) is 2. The van der Waals surface area contributed by atoms with Crippen molar-refractivity contribution in [2.45, 2.75) is 72.3 Å². The number of ether oxygens (including phenoxy) is 1. The molecule has 7 heteroatoms. The maximum atomic E-state index is 13.9. The van der Waals surface area contributed by atoms with Gasteiger partial charge in [-0.2, -0.15) is 0 Å². The van der Waals surface area contributed by atoms with Gasteiger partial charge in [-0.1, -0.05) is 18.8 Å². The maximum absolute atomic E-state index is 13.9. The smallest absolute Gasteiger partial charge is 0.350 e. The number of piperidine rings is 1. The molecule has 2 fully saturated rings. The molecule has 1 unspecified atom stereocenters. The van der Waals surface area contributed by atoms with Gasteiger partial charge in [0.2, 0.25) is 11.8 Å². The highest BCUT2D eigenvalue weighted by Crippen LogP contribution is 2.38. The molecule has 6 nitrogen and oxygen atoms in total. The van der Waals surface area contributed by atoms with Crippen LogP contribution in [0.4, 0.5) is 5.69 Å². The fourth-order valence-electron chi connectivity index (χ4n) is 4.46. The van der Waals surface area contributed by atoms with Crippen LogP contribution >= 0.6 is 11.3 Å². The molecule has 3 rings (SSSR count). The van der Waals surface area contributed by atoms with Crippen LogP contribution in [-0.2, 0) is 14.3 Å². The van der Waals surface area contributed by atoms with Crippen molar-refractivity contribution in [1.82, 2.24) is 4.90 Å². The summed E-state index contributed by atoms with van der Waals surface area (Å²) in [5.74, 6) is 6.46. The Balaban J connectivity index is 2.05. The standard InChI is InChI=1S/C26H36N2O4S/c1-17-7-9-18(10-8-17)24(30)28(19-12-14-27(5)22(29)15-19)21-16-20(11-13-26(2,3)4)33-23(21)25(31)32-6/h16-19H,7-10,12,14-15H2,1-6H3. The molecule has 2 heterocycles. The number of amides is 2. The quantitative estimate of drug-likeness (QED) is 0.470. The molecule has 0 radical (unpaired) electrons. The molecule has 1 aromatic rings. The number of rotatable bonds is 4. The largest absolute Gasteiger partial charge is 0.465 e. The monoisotopic (exact) mass is 472 g/mol. The predicted molar refractivity (Wildman–Crippen MR) is 131 cm³/mol. The molecule has 1 aliphatic heterocycles. The zero-order chi connectivity index (χ0) is 24.3. The molecule has 1 aromatic heterocycles. The van der Waals surface area contributed by atoms with E-state index in [1.165, 1.54) is 18.4 Å². The van der Waals surface area contributed by atoms with E-state index in [1.807, 2.05) is 26.8 Å². The second kappa shape index (κ2) is 10.3. The Morgan fingerprint density at radius 3 is 2.42 bits per heavy atom. The zero-order valence-electron chi connectivity index (χ0n) is 20.7. The summed E-state index contributed by atoms with van der Waals surface area (Å²) in [6.07, 6.45) is 4.65. The van der Waals surface area contributed by atoms with E-state index in [2.05, 4.69) is 18.8 Å². The summed E-state index contributed by atoms with van der Waals surface area (Å²) in [6, 6.07) is 1.56. The van der Waals surface area contributed by atoms with E-state index in [1.54, 1.807) is 16.8 Å². The molecule has 0 aromatic carbocycles. The molecule has 1 saturated carbocycles. The van der Waals surface area contributed by atoms with Gasteiger partial charge in [-0.05, 0) is 64.9 Å². The number of carbonyl (C=O) groups is 3. The number of carbonyl (C=O) groups excluding carboxylic acids is 3. The second-order valence-corrected chi connectivity index (χ2v) is 11.5. The van der Waals surface area contributed by atoms with Crippen LogP contribution in [0.1, 0.15) is 80.8 Å². The number of hydrogen-bond donors (Lipinski definition) is 0. The second-order valence-electron chi connectivity index (χ2n) is 10.4. The third-order valence-electron chi connectivity index (χ3n) is 6.50. The maximum Gasteiger partial charge on any atom is 0.350 e. The Hall–Kier alpha value is -2.33. The van der Waals surface area contributed by atoms with Crippen LogP contribution in [0.25, 0.3) is 0 Å². The van der Waals surface area contributed by atoms with Gasteiger partial charge in [-0.3, -0.25) is 9.59 Å². The van der Waals surface area contributed by atoms with Gasteiger partial charge >= 0.3 is 5.97 Å². The highest BCUT2D eigenvalue weighted by Gasteiger charge is 2.38. The van der Waals surface area contributed by atoms with Gasteiger partial charge in [-0.15, -0.1) is 11.3 Å². The van der Waals surface area contributed by atoms with Crippen LogP contribution in [0.2, 0.25) is 0 Å². The first-order valence-electron chi connectivity index (χ1n) is 11.8. The normalized spacial score (nSPS) is 23.5. The van der Waals surface area contributed by atoms with E-state index in [0.717, 1.165) is 30.6 Å². The molecule has 0 bridgehead atoms. The lowest BCUT2D eigenvalue weighted by molar-refractivity contribution is -0.132. The average Bonchev–Trinajstić information content (AvgIpc) is 3.18. The minimum absolute atomic E-state index is 0.0162. The average molecular weight is 473 g/mol. The van der Waals surface area contributed by atoms with E-state index in [-0.39, 0.29) is 35.6 Å². The van der Waals surface area contributed by atoms with Crippen LogP contribution in [0.3, 0.4) is 0 Å². The first-order chi connectivity index (χ1) is 15.5. The van der Waals surface area contributed by atoms with Crippen LogP contribution in [0.15, 0.2) is 6.07 Å². The number of thiophene rings is 1. The molecular weight excluding hydrogens is 436 g/mol. The first kappa shape index (κ1) is 25.3. The van der Waals surface area contributed by atoms with Gasteiger partial charge in [-0.25, -0.2) is 4.79 Å². The molecule has 2 aliphatic rings. The Morgan fingerprint density at radius 2 is 1.85 bits per heavy atom. The van der Waals surface area contributed by atoms with E-state index < -0.39 is 5.97 Å². The number of hydrogen-bond acceptors (Lipinski definition) is 5. The van der Waals surface area contributed by atoms with Crippen molar-refractivity contribution in [2.24, 2.45) is 17.3 Å². The van der Waals surface area contributed by atoms with Crippen molar-refractivity contribution in [3.05, 3.63) is 15.8 Å². The summed E-state index contributed by atoms with van der Waals surface area (Å²) in [5, 5.41) is 0. The van der Waals surface area contributed by atoms with Crippen LogP contribution in [-0.4, -0.2) is 49.4 Å². The fourth-order valence-corrected chi connectivity index (χ4v) is 5.38. The summed E-state index contributed by atoms with van der Waals surface area (Å²) >= 11 is 1.25. The molecule has 0 spiro atoms. The van der Waals surface area contributed by atoms with Crippen LogP contribution < -0.4 is 4.90 Å². The van der Waals surface area contributed by atoms with Gasteiger partial charge in [0.15, 0.2) is 0 Å². The fraction of sp³-hybridized carbons (Fsp3) is 0.654. The van der Waals surface area contributed by atoms with Crippen molar-refractivity contribution < 1.29 is 19.1 Å². The number of esters is 1. The number of anilines is 1. The Morgan fingerprint density at radius 1 is 1.18 bits per heavy atom. The van der Waals surface area contributed by atoms with Gasteiger partial charge in [0.1, 0.15) is 4.88 Å².